The minimum Gasteiger partial charge on any atom is -0.465 e. The predicted molar refractivity (Wildman–Crippen MR) is 131 cm³/mol. The molecular weight excluding hydrogens is 360 g/mol. The van der Waals surface area contributed by atoms with Gasteiger partial charge in [0.2, 0.25) is 0 Å². The molecule has 0 unspecified atom stereocenters. The van der Waals surface area contributed by atoms with E-state index < -0.39 is 9.04 Å². The van der Waals surface area contributed by atoms with Crippen LogP contribution < -0.4 is 0 Å². The minimum atomic E-state index is -0.807. The topological polar surface area (TPSA) is 9.23 Å². The molecule has 0 aliphatic heterocycles. The van der Waals surface area contributed by atoms with E-state index in [2.05, 4.69) is 13.8 Å². The van der Waals surface area contributed by atoms with Crippen LogP contribution in [0, 0.1) is 0 Å². The van der Waals surface area contributed by atoms with Crippen molar-refractivity contribution in [3.05, 3.63) is 0 Å². The molecule has 3 heteroatoms. The van der Waals surface area contributed by atoms with Crippen molar-refractivity contribution >= 4 is 19.5 Å². The smallest absolute Gasteiger partial charge is 0.162 e. The first kappa shape index (κ1) is 27.4. The van der Waals surface area contributed by atoms with Gasteiger partial charge < -0.3 is 4.12 Å². The molecule has 0 rings (SSSR count). The average Bonchev–Trinajstić information content (AvgIpc) is 2.69. The molecule has 0 amide bonds. The van der Waals surface area contributed by atoms with Gasteiger partial charge in [-0.25, -0.2) is 0 Å². The molecule has 0 aromatic heterocycles. The van der Waals surface area contributed by atoms with Crippen LogP contribution in [-0.4, -0.2) is 19.5 Å². The summed E-state index contributed by atoms with van der Waals surface area (Å²) in [5.41, 5.74) is 0. The summed E-state index contributed by atoms with van der Waals surface area (Å²) >= 11 is 0. The van der Waals surface area contributed by atoms with Gasteiger partial charge in [0.05, 0.1) is 0 Å². The van der Waals surface area contributed by atoms with Crippen LogP contribution in [0.1, 0.15) is 142 Å². The molecule has 0 fully saturated rings. The van der Waals surface area contributed by atoms with Crippen molar-refractivity contribution in [2.45, 2.75) is 154 Å². The highest BCUT2D eigenvalue weighted by molar-refractivity contribution is 6.55. The van der Waals surface area contributed by atoms with Crippen molar-refractivity contribution in [2.75, 3.05) is 0 Å². The third kappa shape index (κ3) is 22.5. The Kier molecular flexibility index (Phi) is 24.8. The molecule has 0 radical (unpaired) electrons. The first-order valence-electron chi connectivity index (χ1n) is 12.9. The van der Waals surface area contributed by atoms with E-state index >= 15 is 0 Å². The van der Waals surface area contributed by atoms with E-state index in [9.17, 15) is 0 Å². The molecule has 0 spiro atoms. The van der Waals surface area contributed by atoms with Crippen LogP contribution >= 0.6 is 0 Å². The quantitative estimate of drug-likeness (QED) is 0.122. The van der Waals surface area contributed by atoms with E-state index in [-0.39, 0.29) is 0 Å². The zero-order chi connectivity index (χ0) is 19.8. The Morgan fingerprint density at radius 2 is 0.704 bits per heavy atom. The van der Waals surface area contributed by atoms with E-state index in [0.29, 0.717) is 0 Å². The predicted octanol–water partition coefficient (Wildman–Crippen LogP) is 7.85. The van der Waals surface area contributed by atoms with Gasteiger partial charge in [-0.05, 0) is 12.1 Å². The summed E-state index contributed by atoms with van der Waals surface area (Å²) in [5.74, 6) is 0. The largest absolute Gasteiger partial charge is 0.465 e. The summed E-state index contributed by atoms with van der Waals surface area (Å²) in [6.07, 6.45) is 29.0. The monoisotopic (exact) mass is 414 g/mol. The lowest BCUT2D eigenvalue weighted by Crippen LogP contribution is -2.15. The number of hydrogen-bond acceptors (Lipinski definition) is 1. The third-order valence-corrected chi connectivity index (χ3v) is 10.9. The Labute approximate surface area is 178 Å². The third-order valence-electron chi connectivity index (χ3n) is 6.09. The normalized spacial score (nSPS) is 11.7. The molecule has 164 valence electrons. The Hall–Kier alpha value is 0.394. The van der Waals surface area contributed by atoms with Gasteiger partial charge in [0.15, 0.2) is 9.04 Å². The zero-order valence-electron chi connectivity index (χ0n) is 19.5. The van der Waals surface area contributed by atoms with Crippen LogP contribution in [0.2, 0.25) is 12.1 Å². The molecule has 0 aliphatic rings. The van der Waals surface area contributed by atoms with E-state index in [1.165, 1.54) is 141 Å². The van der Waals surface area contributed by atoms with Crippen LogP contribution in [0.4, 0.5) is 0 Å². The summed E-state index contributed by atoms with van der Waals surface area (Å²) in [6.45, 7) is 4.60. The highest BCUT2D eigenvalue weighted by atomic mass is 28.3. The first-order chi connectivity index (χ1) is 13.3. The molecule has 1 nitrogen and oxygen atoms in total. The van der Waals surface area contributed by atoms with Crippen molar-refractivity contribution in [2.24, 2.45) is 0 Å². The summed E-state index contributed by atoms with van der Waals surface area (Å²) in [6, 6.07) is 2.91. The number of hydrogen-bond donors (Lipinski definition) is 0. The van der Waals surface area contributed by atoms with Gasteiger partial charge in [-0.3, -0.25) is 0 Å². The molecule has 0 N–H and O–H groups in total. The molecule has 0 aliphatic carbocycles. The van der Waals surface area contributed by atoms with Gasteiger partial charge in [0, 0.05) is 0 Å². The Morgan fingerprint density at radius 1 is 0.444 bits per heavy atom. The minimum absolute atomic E-state index is 0.807. The average molecular weight is 415 g/mol. The van der Waals surface area contributed by atoms with E-state index in [1.807, 2.05) is 0 Å². The van der Waals surface area contributed by atoms with Crippen LogP contribution in [0.15, 0.2) is 0 Å². The molecule has 0 saturated carbocycles. The van der Waals surface area contributed by atoms with E-state index in [4.69, 9.17) is 4.12 Å². The lowest BCUT2D eigenvalue weighted by Gasteiger charge is -2.13. The molecule has 0 saturated heterocycles. The first-order valence-corrected chi connectivity index (χ1v) is 15.8. The number of unbranched alkanes of at least 4 members (excludes halogenated alkanes) is 18. The molecule has 0 atom stereocenters. The van der Waals surface area contributed by atoms with Crippen LogP contribution in [-0.2, 0) is 4.12 Å². The summed E-state index contributed by atoms with van der Waals surface area (Å²) in [7, 11) is 0.168. The summed E-state index contributed by atoms with van der Waals surface area (Å²) < 4.78 is 5.99. The van der Waals surface area contributed by atoms with Gasteiger partial charge in [0.25, 0.3) is 0 Å². The van der Waals surface area contributed by atoms with Crippen LogP contribution in [0.25, 0.3) is 0 Å². The molecule has 0 heterocycles. The van der Waals surface area contributed by atoms with Gasteiger partial charge in [-0.1, -0.05) is 142 Å². The maximum absolute atomic E-state index is 5.99. The van der Waals surface area contributed by atoms with Gasteiger partial charge in [0.1, 0.15) is 10.5 Å². The highest BCUT2D eigenvalue weighted by Crippen LogP contribution is 2.16. The molecule has 27 heavy (non-hydrogen) atoms. The standard InChI is InChI=1S/C24H54OSi2/c1-3-5-7-9-11-13-15-17-19-21-23-27(25-26)24-22-20-18-16-14-12-10-8-6-4-2/h27H,3-24H2,1-2,26H3. The summed E-state index contributed by atoms with van der Waals surface area (Å²) in [4.78, 5) is 0. The molecule has 0 aromatic rings. The van der Waals surface area contributed by atoms with Crippen molar-refractivity contribution in [1.82, 2.24) is 0 Å². The fraction of sp³-hybridized carbons (Fsp3) is 1.00. The molecular formula is C24H54OSi2. The maximum atomic E-state index is 5.99. The lowest BCUT2D eigenvalue weighted by molar-refractivity contribution is 0.548. The fourth-order valence-corrected chi connectivity index (χ4v) is 7.76. The van der Waals surface area contributed by atoms with Crippen LogP contribution in [0.3, 0.4) is 0 Å². The highest BCUT2D eigenvalue weighted by Gasteiger charge is 2.08. The second-order valence-electron chi connectivity index (χ2n) is 8.80. The zero-order valence-corrected chi connectivity index (χ0v) is 22.7. The van der Waals surface area contributed by atoms with E-state index in [1.54, 1.807) is 0 Å². The summed E-state index contributed by atoms with van der Waals surface area (Å²) in [5, 5.41) is 0. The SMILES string of the molecule is CCCCCCCCCCCC[SiH](CCCCCCCCCCCC)O[SiH3]. The van der Waals surface area contributed by atoms with Crippen molar-refractivity contribution in [3.8, 4) is 0 Å². The Bertz CT molecular complexity index is 237. The number of rotatable bonds is 23. The van der Waals surface area contributed by atoms with E-state index in [0.717, 1.165) is 10.5 Å². The molecule has 0 bridgehead atoms. The van der Waals surface area contributed by atoms with Crippen molar-refractivity contribution in [1.29, 1.82) is 0 Å². The van der Waals surface area contributed by atoms with Crippen molar-refractivity contribution in [3.63, 3.8) is 0 Å². The second kappa shape index (κ2) is 24.4. The van der Waals surface area contributed by atoms with Crippen molar-refractivity contribution < 1.29 is 4.12 Å². The van der Waals surface area contributed by atoms with Gasteiger partial charge in [-0.15, -0.1) is 0 Å². The Balaban J connectivity index is 3.28. The Morgan fingerprint density at radius 3 is 0.963 bits per heavy atom. The van der Waals surface area contributed by atoms with Crippen LogP contribution in [0.5, 0.6) is 0 Å². The lowest BCUT2D eigenvalue weighted by atomic mass is 10.1. The van der Waals surface area contributed by atoms with Gasteiger partial charge in [-0.2, -0.15) is 0 Å². The fourth-order valence-electron chi connectivity index (χ4n) is 4.10. The second-order valence-corrected chi connectivity index (χ2v) is 13.1. The van der Waals surface area contributed by atoms with Gasteiger partial charge >= 0.3 is 0 Å². The maximum Gasteiger partial charge on any atom is 0.162 e. The molecule has 0 aromatic carbocycles.